The van der Waals surface area contributed by atoms with E-state index in [9.17, 15) is 24.3 Å². The van der Waals surface area contributed by atoms with Crippen molar-refractivity contribution in [3.05, 3.63) is 126 Å². The number of pyridine rings is 1. The molecule has 1 fully saturated rings. The molecule has 0 bridgehead atoms. The number of aliphatic hydroxyl groups is 1. The summed E-state index contributed by atoms with van der Waals surface area (Å²) in [6.07, 6.45) is 1.04. The van der Waals surface area contributed by atoms with Crippen molar-refractivity contribution in [2.24, 2.45) is 10.8 Å². The summed E-state index contributed by atoms with van der Waals surface area (Å²) in [7, 11) is 1.29. The Balaban J connectivity index is 1.37. The van der Waals surface area contributed by atoms with Crippen LogP contribution in [0.1, 0.15) is 64.2 Å². The molecule has 1 saturated heterocycles. The SMILES string of the molecule is COC(=O)NCC(C)(C)CC(=O)NC(Cc1ccc(-c2ccccn2)cc1)CC(O)C(Cc1ccccc1)NC(=O)C(N1CCN(Cc2ccccc2)C1=O)C(C)(C)C. The van der Waals surface area contributed by atoms with Gasteiger partial charge in [-0.25, -0.2) is 9.59 Å². The fourth-order valence-corrected chi connectivity index (χ4v) is 7.64. The number of alkyl carbamates (subject to hydrolysis) is 1. The van der Waals surface area contributed by atoms with E-state index in [4.69, 9.17) is 4.74 Å². The fraction of sp³-hybridized carbons (Fsp3) is 0.426. The lowest BCUT2D eigenvalue weighted by Gasteiger charge is -2.38. The molecule has 12 heteroatoms. The van der Waals surface area contributed by atoms with Gasteiger partial charge in [0.1, 0.15) is 6.04 Å². The Bertz CT molecular complexity index is 1970. The first kappa shape index (κ1) is 44.4. The van der Waals surface area contributed by atoms with Crippen LogP contribution in [0, 0.1) is 10.8 Å². The second kappa shape index (κ2) is 20.3. The average Bonchev–Trinajstić information content (AvgIpc) is 3.55. The Labute approximate surface area is 348 Å². The van der Waals surface area contributed by atoms with Crippen LogP contribution in [-0.2, 0) is 33.7 Å². The number of benzene rings is 3. The van der Waals surface area contributed by atoms with E-state index >= 15 is 0 Å². The normalized spacial score (nSPS) is 15.2. The van der Waals surface area contributed by atoms with Crippen molar-refractivity contribution in [2.45, 2.75) is 91.1 Å². The van der Waals surface area contributed by atoms with Gasteiger partial charge in [0, 0.05) is 50.4 Å². The van der Waals surface area contributed by atoms with Crippen LogP contribution in [0.2, 0.25) is 0 Å². The zero-order valence-electron chi connectivity index (χ0n) is 35.2. The first-order valence-corrected chi connectivity index (χ1v) is 20.4. The van der Waals surface area contributed by atoms with Crippen molar-refractivity contribution in [1.29, 1.82) is 0 Å². The van der Waals surface area contributed by atoms with Crippen LogP contribution in [0.15, 0.2) is 109 Å². The molecule has 4 unspecified atom stereocenters. The van der Waals surface area contributed by atoms with Gasteiger partial charge in [0.15, 0.2) is 0 Å². The zero-order valence-corrected chi connectivity index (χ0v) is 35.2. The van der Waals surface area contributed by atoms with E-state index in [1.165, 1.54) is 7.11 Å². The van der Waals surface area contributed by atoms with Gasteiger partial charge in [0.05, 0.1) is 24.9 Å². The maximum atomic E-state index is 14.5. The molecule has 1 aromatic heterocycles. The van der Waals surface area contributed by atoms with E-state index in [2.05, 4.69) is 20.9 Å². The van der Waals surface area contributed by atoms with Crippen molar-refractivity contribution >= 4 is 23.9 Å². The molecule has 0 aliphatic carbocycles. The number of urea groups is 1. The number of rotatable bonds is 18. The maximum absolute atomic E-state index is 14.5. The number of ether oxygens (including phenoxy) is 1. The monoisotopic (exact) mass is 804 g/mol. The van der Waals surface area contributed by atoms with Crippen LogP contribution < -0.4 is 16.0 Å². The van der Waals surface area contributed by atoms with E-state index in [0.717, 1.165) is 27.9 Å². The first-order chi connectivity index (χ1) is 28.1. The van der Waals surface area contributed by atoms with E-state index in [1.54, 1.807) is 16.0 Å². The summed E-state index contributed by atoms with van der Waals surface area (Å²) >= 11 is 0. The number of aromatic nitrogens is 1. The molecule has 59 heavy (non-hydrogen) atoms. The Hall–Kier alpha value is -5.75. The summed E-state index contributed by atoms with van der Waals surface area (Å²) in [5.74, 6) is -0.592. The fourth-order valence-electron chi connectivity index (χ4n) is 7.64. The molecule has 5 rings (SSSR count). The highest BCUT2D eigenvalue weighted by atomic mass is 16.5. The zero-order chi connectivity index (χ0) is 42.6. The number of amides is 5. The van der Waals surface area contributed by atoms with Crippen molar-refractivity contribution in [3.63, 3.8) is 0 Å². The molecular formula is C47H60N6O6. The quantitative estimate of drug-likeness (QED) is 0.0911. The summed E-state index contributed by atoms with van der Waals surface area (Å²) in [5, 5.41) is 21.2. The van der Waals surface area contributed by atoms with Gasteiger partial charge < -0.3 is 35.6 Å². The average molecular weight is 805 g/mol. The molecule has 4 N–H and O–H groups in total. The second-order valence-corrected chi connectivity index (χ2v) is 17.3. The molecule has 0 radical (unpaired) electrons. The highest BCUT2D eigenvalue weighted by molar-refractivity contribution is 5.89. The molecule has 0 saturated carbocycles. The summed E-state index contributed by atoms with van der Waals surface area (Å²) in [6.45, 7) is 11.1. The highest BCUT2D eigenvalue weighted by Gasteiger charge is 2.44. The third kappa shape index (κ3) is 13.1. The molecule has 4 aromatic rings. The summed E-state index contributed by atoms with van der Waals surface area (Å²) in [6, 6.07) is 30.8. The van der Waals surface area contributed by atoms with E-state index < -0.39 is 41.2 Å². The Morgan fingerprint density at radius 3 is 2.03 bits per heavy atom. The number of nitrogens with zero attached hydrogens (tertiary/aromatic N) is 3. The molecule has 1 aliphatic rings. The number of carbonyl (C=O) groups excluding carboxylic acids is 4. The number of hydrogen-bond donors (Lipinski definition) is 4. The summed E-state index contributed by atoms with van der Waals surface area (Å²) in [5.41, 5.74) is 3.44. The van der Waals surface area contributed by atoms with Crippen LogP contribution in [0.25, 0.3) is 11.3 Å². The van der Waals surface area contributed by atoms with Crippen LogP contribution in [0.5, 0.6) is 0 Å². The number of nitrogens with one attached hydrogen (secondary N) is 3. The lowest BCUT2D eigenvalue weighted by atomic mass is 9.84. The number of hydrogen-bond acceptors (Lipinski definition) is 7. The molecule has 12 nitrogen and oxygen atoms in total. The highest BCUT2D eigenvalue weighted by Crippen LogP contribution is 2.29. The van der Waals surface area contributed by atoms with Gasteiger partial charge in [-0.3, -0.25) is 14.6 Å². The van der Waals surface area contributed by atoms with Crippen LogP contribution in [0.4, 0.5) is 9.59 Å². The molecule has 314 valence electrons. The number of carbonyl (C=O) groups is 4. The molecule has 1 aliphatic heterocycles. The third-order valence-electron chi connectivity index (χ3n) is 10.6. The van der Waals surface area contributed by atoms with Crippen LogP contribution >= 0.6 is 0 Å². The molecule has 4 atom stereocenters. The van der Waals surface area contributed by atoms with Gasteiger partial charge in [-0.2, -0.15) is 0 Å². The minimum atomic E-state index is -1.09. The summed E-state index contributed by atoms with van der Waals surface area (Å²) < 4.78 is 4.71. The van der Waals surface area contributed by atoms with Gasteiger partial charge in [0.2, 0.25) is 11.8 Å². The smallest absolute Gasteiger partial charge is 0.406 e. The van der Waals surface area contributed by atoms with Crippen LogP contribution in [0.3, 0.4) is 0 Å². The minimum absolute atomic E-state index is 0.102. The van der Waals surface area contributed by atoms with Crippen molar-refractivity contribution < 1.29 is 29.0 Å². The van der Waals surface area contributed by atoms with Gasteiger partial charge in [-0.15, -0.1) is 0 Å². The molecule has 0 spiro atoms. The van der Waals surface area contributed by atoms with Crippen LogP contribution in [-0.4, -0.2) is 94.8 Å². The largest absolute Gasteiger partial charge is 0.453 e. The van der Waals surface area contributed by atoms with Gasteiger partial charge in [-0.1, -0.05) is 126 Å². The summed E-state index contributed by atoms with van der Waals surface area (Å²) in [4.78, 5) is 61.8. The topological polar surface area (TPSA) is 153 Å². The predicted octanol–water partition coefficient (Wildman–Crippen LogP) is 6.38. The molecule has 3 aromatic carbocycles. The van der Waals surface area contributed by atoms with Crippen molar-refractivity contribution in [2.75, 3.05) is 26.7 Å². The van der Waals surface area contributed by atoms with Crippen molar-refractivity contribution in [1.82, 2.24) is 30.7 Å². The predicted molar refractivity (Wildman–Crippen MR) is 229 cm³/mol. The maximum Gasteiger partial charge on any atom is 0.406 e. The van der Waals surface area contributed by atoms with E-state index in [0.29, 0.717) is 32.5 Å². The standard InChI is InChI=1S/C47H60N6O6/c1-46(2,3)42(53-26-25-52(45(53)58)31-35-17-11-8-12-18-35)43(56)51-39(28-33-15-9-7-10-16-33)40(54)29-37(50-41(55)30-47(4,5)32-49-44(57)59-6)27-34-20-22-36(23-21-34)38-19-13-14-24-48-38/h7-24,37,39-40,42,54H,25-32H2,1-6H3,(H,49,57)(H,50,55)(H,51,56). The molecular weight excluding hydrogens is 745 g/mol. The Kier molecular flexibility index (Phi) is 15.3. The number of aliphatic hydroxyl groups excluding tert-OH is 1. The first-order valence-electron chi connectivity index (χ1n) is 20.4. The molecule has 2 heterocycles. The lowest BCUT2D eigenvalue weighted by Crippen LogP contribution is -2.58. The van der Waals surface area contributed by atoms with Gasteiger partial charge >= 0.3 is 12.1 Å². The Morgan fingerprint density at radius 1 is 0.797 bits per heavy atom. The van der Waals surface area contributed by atoms with E-state index in [1.807, 2.05) is 138 Å². The minimum Gasteiger partial charge on any atom is -0.453 e. The van der Waals surface area contributed by atoms with Gasteiger partial charge in [0.25, 0.3) is 0 Å². The second-order valence-electron chi connectivity index (χ2n) is 17.3. The van der Waals surface area contributed by atoms with E-state index in [-0.39, 0.29) is 37.2 Å². The van der Waals surface area contributed by atoms with Gasteiger partial charge in [-0.05, 0) is 58.9 Å². The Morgan fingerprint density at radius 2 is 1.42 bits per heavy atom. The lowest BCUT2D eigenvalue weighted by molar-refractivity contribution is -0.130. The number of methoxy groups -OCH3 is 1. The van der Waals surface area contributed by atoms with Crippen molar-refractivity contribution in [3.8, 4) is 11.3 Å². The third-order valence-corrected chi connectivity index (χ3v) is 10.6. The molecule has 5 amide bonds.